The number of benzene rings is 1. The third-order valence-electron chi connectivity index (χ3n) is 9.25. The Bertz CT molecular complexity index is 1750. The number of alkyl halides is 3. The van der Waals surface area contributed by atoms with Gasteiger partial charge in [-0.3, -0.25) is 14.3 Å². The second-order valence-corrected chi connectivity index (χ2v) is 11.9. The lowest BCUT2D eigenvalue weighted by Crippen LogP contribution is -2.65. The first-order valence-corrected chi connectivity index (χ1v) is 15.0. The van der Waals surface area contributed by atoms with E-state index < -0.39 is 23.5 Å². The van der Waals surface area contributed by atoms with Crippen LogP contribution in [0.5, 0.6) is 0 Å². The number of nitrogens with zero attached hydrogens (tertiary/aromatic N) is 7. The first-order chi connectivity index (χ1) is 21.5. The zero-order valence-electron chi connectivity index (χ0n) is 24.6. The summed E-state index contributed by atoms with van der Waals surface area (Å²) in [6.45, 7) is 4.95. The quantitative estimate of drug-likeness (QED) is 0.309. The van der Waals surface area contributed by atoms with Crippen molar-refractivity contribution in [3.05, 3.63) is 65.9 Å². The minimum absolute atomic E-state index is 0.0463. The molecule has 0 radical (unpaired) electrons. The van der Waals surface area contributed by atoms with E-state index in [0.717, 1.165) is 28.3 Å². The summed E-state index contributed by atoms with van der Waals surface area (Å²) in [7, 11) is 0. The number of rotatable bonds is 6. The highest BCUT2D eigenvalue weighted by atomic mass is 19.4. The SMILES string of the molecule is CC[C@@]1(O)CCc2ccc(-n3cc(F)c4cnc(Nc5ccc(N6CCN(C7CN(C(=O)C(F)(F)F)C7)CC6)cc5)nc43)nc21. The van der Waals surface area contributed by atoms with Crippen molar-refractivity contribution in [1.29, 1.82) is 0 Å². The number of piperazine rings is 1. The summed E-state index contributed by atoms with van der Waals surface area (Å²) in [5.74, 6) is -1.49. The van der Waals surface area contributed by atoms with Crippen LogP contribution in [0, 0.1) is 5.82 Å². The highest BCUT2D eigenvalue weighted by Crippen LogP contribution is 2.38. The molecule has 236 valence electrons. The number of hydrogen-bond donors (Lipinski definition) is 2. The van der Waals surface area contributed by atoms with E-state index in [4.69, 9.17) is 4.98 Å². The highest BCUT2D eigenvalue weighted by Gasteiger charge is 2.47. The van der Waals surface area contributed by atoms with E-state index in [1.807, 2.05) is 43.3 Å². The van der Waals surface area contributed by atoms with Crippen molar-refractivity contribution in [1.82, 2.24) is 29.3 Å². The maximum atomic E-state index is 14.9. The van der Waals surface area contributed by atoms with Crippen LogP contribution in [-0.2, 0) is 16.8 Å². The molecular weight excluding hydrogens is 592 g/mol. The highest BCUT2D eigenvalue weighted by molar-refractivity contribution is 5.82. The fourth-order valence-electron chi connectivity index (χ4n) is 6.49. The second kappa shape index (κ2) is 10.9. The summed E-state index contributed by atoms with van der Waals surface area (Å²) in [5.41, 5.74) is 2.73. The van der Waals surface area contributed by atoms with Crippen LogP contribution in [0.4, 0.5) is 34.9 Å². The third-order valence-corrected chi connectivity index (χ3v) is 9.25. The van der Waals surface area contributed by atoms with Crippen LogP contribution in [0.25, 0.3) is 16.9 Å². The number of carbonyl (C=O) groups is 1. The number of anilines is 3. The predicted octanol–water partition coefficient (Wildman–Crippen LogP) is 4.14. The van der Waals surface area contributed by atoms with Gasteiger partial charge in [-0.15, -0.1) is 0 Å². The number of carbonyl (C=O) groups excluding carboxylic acids is 1. The van der Waals surface area contributed by atoms with Gasteiger partial charge in [0.1, 0.15) is 11.4 Å². The van der Waals surface area contributed by atoms with Crippen LogP contribution >= 0.6 is 0 Å². The Hall–Kier alpha value is -4.30. The van der Waals surface area contributed by atoms with E-state index >= 15 is 0 Å². The van der Waals surface area contributed by atoms with Crippen molar-refractivity contribution in [2.75, 3.05) is 49.5 Å². The molecule has 0 unspecified atom stereocenters. The van der Waals surface area contributed by atoms with E-state index in [1.165, 1.54) is 12.4 Å². The largest absolute Gasteiger partial charge is 0.471 e. The van der Waals surface area contributed by atoms with Gasteiger partial charge >= 0.3 is 12.1 Å². The molecule has 45 heavy (non-hydrogen) atoms. The van der Waals surface area contributed by atoms with Gasteiger partial charge < -0.3 is 20.2 Å². The third kappa shape index (κ3) is 5.35. The van der Waals surface area contributed by atoms with Gasteiger partial charge in [0.15, 0.2) is 11.5 Å². The minimum atomic E-state index is -4.82. The Labute approximate surface area is 256 Å². The number of pyridine rings is 1. The number of likely N-dealkylation sites (tertiary alicyclic amines) is 1. The van der Waals surface area contributed by atoms with Gasteiger partial charge in [0.2, 0.25) is 5.95 Å². The average molecular weight is 625 g/mol. The van der Waals surface area contributed by atoms with Crippen LogP contribution in [0.2, 0.25) is 0 Å². The van der Waals surface area contributed by atoms with Crippen LogP contribution in [0.1, 0.15) is 31.0 Å². The molecule has 2 fully saturated rings. The van der Waals surface area contributed by atoms with Crippen LogP contribution in [0.15, 0.2) is 48.8 Å². The molecule has 2 N–H and O–H groups in total. The number of aliphatic hydroxyl groups is 1. The fourth-order valence-corrected chi connectivity index (χ4v) is 6.49. The summed E-state index contributed by atoms with van der Waals surface area (Å²) in [6, 6.07) is 11.4. The monoisotopic (exact) mass is 624 g/mol. The van der Waals surface area contributed by atoms with E-state index in [2.05, 4.69) is 25.1 Å². The van der Waals surface area contributed by atoms with Crippen molar-refractivity contribution in [2.24, 2.45) is 0 Å². The van der Waals surface area contributed by atoms with E-state index in [9.17, 15) is 27.5 Å². The first kappa shape index (κ1) is 29.4. The Balaban J connectivity index is 1.01. The molecule has 7 rings (SSSR count). The standard InChI is InChI=1S/C31H32F4N8O2/c1-2-30(45)10-9-19-3-8-25(38-26(19)30)43-18-24(32)23-15-36-29(39-27(23)43)37-20-4-6-21(7-5-20)40-11-13-41(14-12-40)22-16-42(17-22)28(44)31(33,34)35/h3-8,15,18,22,45H,2,9-14,16-17H2,1H3,(H,36,37,39)/t30-/m1/s1. The summed E-state index contributed by atoms with van der Waals surface area (Å²) in [4.78, 5) is 30.2. The van der Waals surface area contributed by atoms with Crippen molar-refractivity contribution in [2.45, 2.75) is 44.0 Å². The summed E-state index contributed by atoms with van der Waals surface area (Å²) >= 11 is 0. The number of aryl methyl sites for hydroxylation is 1. The maximum Gasteiger partial charge on any atom is 0.471 e. The summed E-state index contributed by atoms with van der Waals surface area (Å²) in [5, 5.41) is 14.5. The van der Waals surface area contributed by atoms with Gasteiger partial charge in [-0.1, -0.05) is 13.0 Å². The normalized spacial score (nSPS) is 20.8. The molecule has 0 saturated carbocycles. The number of nitrogens with one attached hydrogen (secondary N) is 1. The second-order valence-electron chi connectivity index (χ2n) is 11.9. The number of amides is 1. The van der Waals surface area contributed by atoms with Crippen LogP contribution < -0.4 is 10.2 Å². The van der Waals surface area contributed by atoms with Gasteiger partial charge in [0.05, 0.1) is 11.1 Å². The van der Waals surface area contributed by atoms with Crippen LogP contribution in [0.3, 0.4) is 0 Å². The van der Waals surface area contributed by atoms with E-state index in [0.29, 0.717) is 56.2 Å². The van der Waals surface area contributed by atoms with Gasteiger partial charge in [-0.05, 0) is 55.2 Å². The van der Waals surface area contributed by atoms with Gasteiger partial charge in [-0.25, -0.2) is 14.4 Å². The lowest BCUT2D eigenvalue weighted by molar-refractivity contribution is -0.192. The summed E-state index contributed by atoms with van der Waals surface area (Å²) < 4.78 is 54.4. The lowest BCUT2D eigenvalue weighted by atomic mass is 9.98. The summed E-state index contributed by atoms with van der Waals surface area (Å²) in [6.07, 6.45) is -0.167. The number of halogens is 4. The molecule has 2 saturated heterocycles. The predicted molar refractivity (Wildman–Crippen MR) is 159 cm³/mol. The molecule has 0 spiro atoms. The Morgan fingerprint density at radius 2 is 1.80 bits per heavy atom. The Morgan fingerprint density at radius 3 is 2.49 bits per heavy atom. The van der Waals surface area contributed by atoms with Crippen molar-refractivity contribution >= 4 is 34.3 Å². The zero-order valence-corrected chi connectivity index (χ0v) is 24.6. The number of aromatic nitrogens is 4. The van der Waals surface area contributed by atoms with Crippen molar-refractivity contribution in [3.8, 4) is 5.82 Å². The molecule has 10 nitrogen and oxygen atoms in total. The molecule has 1 aromatic carbocycles. The average Bonchev–Trinajstić information content (AvgIpc) is 3.53. The molecule has 1 aliphatic carbocycles. The van der Waals surface area contributed by atoms with Crippen LogP contribution in [-0.4, -0.2) is 91.8 Å². The van der Waals surface area contributed by atoms with Crippen molar-refractivity contribution in [3.63, 3.8) is 0 Å². The molecule has 0 bridgehead atoms. The minimum Gasteiger partial charge on any atom is -0.384 e. The zero-order chi connectivity index (χ0) is 31.5. The molecule has 5 heterocycles. The molecule has 1 atom stereocenters. The smallest absolute Gasteiger partial charge is 0.384 e. The van der Waals surface area contributed by atoms with Gasteiger partial charge in [0.25, 0.3) is 0 Å². The Morgan fingerprint density at radius 1 is 1.07 bits per heavy atom. The molecular formula is C31H32F4N8O2. The number of fused-ring (bicyclic) bond motifs is 2. The van der Waals surface area contributed by atoms with E-state index in [-0.39, 0.29) is 30.5 Å². The molecule has 4 aromatic rings. The Kier molecular flexibility index (Phi) is 7.15. The molecule has 1 amide bonds. The molecule has 2 aliphatic heterocycles. The first-order valence-electron chi connectivity index (χ1n) is 15.0. The molecule has 3 aromatic heterocycles. The topological polar surface area (TPSA) is 103 Å². The lowest BCUT2D eigenvalue weighted by Gasteiger charge is -2.48. The molecule has 14 heteroatoms. The fraction of sp³-hybridized carbons (Fsp3) is 0.419. The maximum absolute atomic E-state index is 14.9. The van der Waals surface area contributed by atoms with Gasteiger partial charge in [-0.2, -0.15) is 18.2 Å². The number of hydrogen-bond acceptors (Lipinski definition) is 8. The van der Waals surface area contributed by atoms with Crippen molar-refractivity contribution < 1.29 is 27.5 Å². The van der Waals surface area contributed by atoms with E-state index in [1.54, 1.807) is 4.57 Å². The van der Waals surface area contributed by atoms with Gasteiger partial charge in [0, 0.05) is 69.1 Å². The molecule has 3 aliphatic rings.